The van der Waals surface area contributed by atoms with E-state index in [0.717, 1.165) is 44.9 Å². The van der Waals surface area contributed by atoms with Gasteiger partial charge in [0.25, 0.3) is 0 Å². The van der Waals surface area contributed by atoms with Gasteiger partial charge in [0.1, 0.15) is 12.4 Å². The molecule has 0 radical (unpaired) electrons. The molecule has 4 fully saturated rings. The Hall–Kier alpha value is -0.900. The highest BCUT2D eigenvalue weighted by Gasteiger charge is 2.65. The SMILES string of the molecule is COC1CCC2(C=O)C3CCC4(C)C(OC(C)=O)CCC4C3CCC2C1(C)C. The molecule has 4 nitrogen and oxygen atoms in total. The normalized spacial score (nSPS) is 49.5. The fourth-order valence-corrected chi connectivity index (χ4v) is 8.64. The number of methoxy groups -OCH3 is 1. The van der Waals surface area contributed by atoms with Crippen LogP contribution in [0.25, 0.3) is 0 Å². The molecule has 0 saturated heterocycles. The number of ether oxygens (including phenoxy) is 2. The highest BCUT2D eigenvalue weighted by Crippen LogP contribution is 2.68. The van der Waals surface area contributed by atoms with Crippen molar-refractivity contribution in [2.75, 3.05) is 7.11 Å². The van der Waals surface area contributed by atoms with Crippen molar-refractivity contribution in [2.24, 2.45) is 39.9 Å². The molecule has 0 bridgehead atoms. The number of carbonyl (C=O) groups is 2. The first-order valence-corrected chi connectivity index (χ1v) is 11.4. The van der Waals surface area contributed by atoms with Crippen LogP contribution >= 0.6 is 0 Å². The van der Waals surface area contributed by atoms with Crippen LogP contribution < -0.4 is 0 Å². The maximum atomic E-state index is 12.7. The maximum absolute atomic E-state index is 12.7. The van der Waals surface area contributed by atoms with Crippen LogP contribution in [0.5, 0.6) is 0 Å². The summed E-state index contributed by atoms with van der Waals surface area (Å²) in [5.74, 6) is 1.91. The van der Waals surface area contributed by atoms with Crippen molar-refractivity contribution in [3.63, 3.8) is 0 Å². The first kappa shape index (κ1) is 20.4. The molecular formula is C24H38O4. The second kappa shape index (κ2) is 6.82. The first-order chi connectivity index (χ1) is 13.2. The van der Waals surface area contributed by atoms with Gasteiger partial charge in [-0.3, -0.25) is 4.79 Å². The number of hydrogen-bond acceptors (Lipinski definition) is 4. The van der Waals surface area contributed by atoms with Crippen molar-refractivity contribution < 1.29 is 19.1 Å². The molecule has 0 aromatic carbocycles. The van der Waals surface area contributed by atoms with Crippen molar-refractivity contribution >= 4 is 12.3 Å². The molecule has 0 aromatic rings. The zero-order valence-electron chi connectivity index (χ0n) is 18.3. The Labute approximate surface area is 170 Å². The lowest BCUT2D eigenvalue weighted by molar-refractivity contribution is -0.191. The van der Waals surface area contributed by atoms with Gasteiger partial charge in [-0.2, -0.15) is 0 Å². The van der Waals surface area contributed by atoms with Gasteiger partial charge < -0.3 is 14.3 Å². The van der Waals surface area contributed by atoms with Crippen LogP contribution in [0.2, 0.25) is 0 Å². The molecule has 28 heavy (non-hydrogen) atoms. The number of hydrogen-bond donors (Lipinski definition) is 0. The molecule has 0 amide bonds. The fraction of sp³-hybridized carbons (Fsp3) is 0.917. The molecule has 0 heterocycles. The molecule has 0 spiro atoms. The largest absolute Gasteiger partial charge is 0.462 e. The van der Waals surface area contributed by atoms with Crippen LogP contribution in [0.1, 0.15) is 79.1 Å². The summed E-state index contributed by atoms with van der Waals surface area (Å²) in [6, 6.07) is 0. The van der Waals surface area contributed by atoms with Gasteiger partial charge in [-0.1, -0.05) is 20.8 Å². The molecule has 8 unspecified atom stereocenters. The van der Waals surface area contributed by atoms with E-state index in [2.05, 4.69) is 20.8 Å². The van der Waals surface area contributed by atoms with Gasteiger partial charge in [0, 0.05) is 24.9 Å². The maximum Gasteiger partial charge on any atom is 0.302 e. The monoisotopic (exact) mass is 390 g/mol. The van der Waals surface area contributed by atoms with Crippen LogP contribution in [0, 0.1) is 39.9 Å². The van der Waals surface area contributed by atoms with Gasteiger partial charge >= 0.3 is 5.97 Å². The quantitative estimate of drug-likeness (QED) is 0.513. The Kier molecular flexibility index (Phi) is 4.96. The minimum absolute atomic E-state index is 0.0373. The minimum atomic E-state index is -0.192. The van der Waals surface area contributed by atoms with Crippen molar-refractivity contribution in [2.45, 2.75) is 91.3 Å². The number of fused-ring (bicyclic) bond motifs is 5. The zero-order chi connectivity index (χ0) is 20.3. The third-order valence-corrected chi connectivity index (χ3v) is 9.86. The van der Waals surface area contributed by atoms with Crippen LogP contribution in [-0.4, -0.2) is 31.6 Å². The minimum Gasteiger partial charge on any atom is -0.462 e. The van der Waals surface area contributed by atoms with Gasteiger partial charge in [0.15, 0.2) is 0 Å². The molecule has 4 heteroatoms. The lowest BCUT2D eigenvalue weighted by Crippen LogP contribution is -2.61. The number of rotatable bonds is 3. The number of esters is 1. The van der Waals surface area contributed by atoms with Gasteiger partial charge in [-0.05, 0) is 80.5 Å². The summed E-state index contributed by atoms with van der Waals surface area (Å²) < 4.78 is 11.6. The van der Waals surface area contributed by atoms with Gasteiger partial charge in [0.05, 0.1) is 6.10 Å². The predicted molar refractivity (Wildman–Crippen MR) is 108 cm³/mol. The molecule has 0 aromatic heterocycles. The summed E-state index contributed by atoms with van der Waals surface area (Å²) in [7, 11) is 1.83. The van der Waals surface area contributed by atoms with Gasteiger partial charge in [-0.25, -0.2) is 0 Å². The van der Waals surface area contributed by atoms with E-state index in [0.29, 0.717) is 23.7 Å². The molecule has 4 aliphatic rings. The topological polar surface area (TPSA) is 52.6 Å². The van der Waals surface area contributed by atoms with E-state index in [4.69, 9.17) is 9.47 Å². The summed E-state index contributed by atoms with van der Waals surface area (Å²) in [4.78, 5) is 24.4. The van der Waals surface area contributed by atoms with E-state index >= 15 is 0 Å². The summed E-state index contributed by atoms with van der Waals surface area (Å²) in [5, 5.41) is 0. The third kappa shape index (κ3) is 2.66. The van der Waals surface area contributed by atoms with Crippen molar-refractivity contribution in [1.29, 1.82) is 0 Å². The highest BCUT2D eigenvalue weighted by molar-refractivity contribution is 5.66. The first-order valence-electron chi connectivity index (χ1n) is 11.4. The Morgan fingerprint density at radius 2 is 1.68 bits per heavy atom. The third-order valence-electron chi connectivity index (χ3n) is 9.86. The molecule has 0 aliphatic heterocycles. The Morgan fingerprint density at radius 1 is 0.929 bits per heavy atom. The Bertz CT molecular complexity index is 643. The lowest BCUT2D eigenvalue weighted by Gasteiger charge is -2.63. The second-order valence-corrected chi connectivity index (χ2v) is 11.0. The van der Waals surface area contributed by atoms with Gasteiger partial charge in [-0.15, -0.1) is 0 Å². The average molecular weight is 391 g/mol. The number of carbonyl (C=O) groups excluding carboxylic acids is 2. The fourth-order valence-electron chi connectivity index (χ4n) is 8.64. The second-order valence-electron chi connectivity index (χ2n) is 11.0. The molecule has 4 aliphatic carbocycles. The van der Waals surface area contributed by atoms with Crippen LogP contribution in [-0.2, 0) is 19.1 Å². The van der Waals surface area contributed by atoms with Crippen LogP contribution in [0.15, 0.2) is 0 Å². The molecular weight excluding hydrogens is 352 g/mol. The highest BCUT2D eigenvalue weighted by atomic mass is 16.5. The summed E-state index contributed by atoms with van der Waals surface area (Å²) >= 11 is 0. The Morgan fingerprint density at radius 3 is 2.32 bits per heavy atom. The molecule has 4 saturated carbocycles. The van der Waals surface area contributed by atoms with Gasteiger partial charge in [0.2, 0.25) is 0 Å². The van der Waals surface area contributed by atoms with E-state index in [1.54, 1.807) is 0 Å². The van der Waals surface area contributed by atoms with E-state index in [1.165, 1.54) is 19.6 Å². The van der Waals surface area contributed by atoms with Crippen LogP contribution in [0.4, 0.5) is 0 Å². The molecule has 4 rings (SSSR count). The lowest BCUT2D eigenvalue weighted by atomic mass is 9.41. The zero-order valence-corrected chi connectivity index (χ0v) is 18.3. The van der Waals surface area contributed by atoms with Crippen molar-refractivity contribution in [3.05, 3.63) is 0 Å². The van der Waals surface area contributed by atoms with E-state index in [-0.39, 0.29) is 34.4 Å². The molecule has 0 N–H and O–H groups in total. The Balaban J connectivity index is 1.65. The summed E-state index contributed by atoms with van der Waals surface area (Å²) in [6.45, 7) is 8.52. The van der Waals surface area contributed by atoms with Crippen molar-refractivity contribution in [3.8, 4) is 0 Å². The molecule has 158 valence electrons. The standard InChI is InChI=1S/C24H38O4/c1-15(26)28-21-9-7-17-16-6-8-19-22(2,3)20(27-5)11-13-24(19,14-25)18(16)10-12-23(17,21)4/h14,16-21H,6-13H2,1-5H3. The summed E-state index contributed by atoms with van der Waals surface area (Å²) in [6.07, 6.45) is 10.3. The molecule has 8 atom stereocenters. The van der Waals surface area contributed by atoms with E-state index in [1.807, 2.05) is 7.11 Å². The van der Waals surface area contributed by atoms with E-state index < -0.39 is 0 Å². The summed E-state index contributed by atoms with van der Waals surface area (Å²) in [5.41, 5.74) is -0.0686. The van der Waals surface area contributed by atoms with Crippen LogP contribution in [0.3, 0.4) is 0 Å². The van der Waals surface area contributed by atoms with E-state index in [9.17, 15) is 9.59 Å². The predicted octanol–water partition coefficient (Wildman–Crippen LogP) is 4.79. The number of aldehydes is 1. The average Bonchev–Trinajstić information content (AvgIpc) is 2.97. The smallest absolute Gasteiger partial charge is 0.302 e. The van der Waals surface area contributed by atoms with Crippen molar-refractivity contribution in [1.82, 2.24) is 0 Å².